The van der Waals surface area contributed by atoms with Crippen LogP contribution in [0.5, 0.6) is 0 Å². The van der Waals surface area contributed by atoms with Crippen LogP contribution in [0.3, 0.4) is 0 Å². The maximum absolute atomic E-state index is 13.6. The summed E-state index contributed by atoms with van der Waals surface area (Å²) < 4.78 is 16.3. The summed E-state index contributed by atoms with van der Waals surface area (Å²) in [5.74, 6) is -0.188. The number of hydrogen-bond donors (Lipinski definition) is 1. The number of rotatable bonds is 0. The van der Waals surface area contributed by atoms with Crippen molar-refractivity contribution >= 4 is 26.8 Å². The zero-order valence-electron chi connectivity index (χ0n) is 8.98. The third-order valence-electron chi connectivity index (χ3n) is 3.32. The Kier molecular flexibility index (Phi) is 2.30. The molecule has 0 atom stereocenters. The molecule has 0 amide bonds. The summed E-state index contributed by atoms with van der Waals surface area (Å²) in [5.41, 5.74) is 3.67. The van der Waals surface area contributed by atoms with Gasteiger partial charge in [-0.15, -0.1) is 0 Å². The monoisotopic (exact) mass is 282 g/mol. The van der Waals surface area contributed by atoms with Crippen molar-refractivity contribution in [3.05, 3.63) is 33.7 Å². The third-order valence-corrected chi connectivity index (χ3v) is 3.93. The molecule has 0 bridgehead atoms. The Morgan fingerprint density at radius 3 is 3.06 bits per heavy atom. The summed E-state index contributed by atoms with van der Waals surface area (Å²) in [7, 11) is 2.05. The van der Waals surface area contributed by atoms with Crippen LogP contribution >= 0.6 is 15.9 Å². The molecule has 0 spiro atoms. The van der Waals surface area contributed by atoms with Gasteiger partial charge in [-0.05, 0) is 33.6 Å². The van der Waals surface area contributed by atoms with Crippen molar-refractivity contribution in [3.63, 3.8) is 0 Å². The Hall–Kier alpha value is -0.870. The number of aryl methyl sites for hydroxylation is 1. The molecule has 0 radical (unpaired) electrons. The number of halogens is 2. The van der Waals surface area contributed by atoms with Gasteiger partial charge in [0.1, 0.15) is 5.82 Å². The van der Waals surface area contributed by atoms with Gasteiger partial charge < -0.3 is 9.88 Å². The summed E-state index contributed by atoms with van der Waals surface area (Å²) >= 11 is 3.24. The van der Waals surface area contributed by atoms with Crippen molar-refractivity contribution in [1.29, 1.82) is 0 Å². The second-order valence-electron chi connectivity index (χ2n) is 4.19. The van der Waals surface area contributed by atoms with Gasteiger partial charge in [-0.25, -0.2) is 4.39 Å². The Labute approximate surface area is 102 Å². The minimum absolute atomic E-state index is 0.188. The van der Waals surface area contributed by atoms with E-state index in [4.69, 9.17) is 0 Å². The predicted octanol–water partition coefficient (Wildman–Crippen LogP) is 2.73. The Morgan fingerprint density at radius 1 is 1.44 bits per heavy atom. The maximum atomic E-state index is 13.6. The minimum atomic E-state index is -0.188. The smallest absolute Gasteiger partial charge is 0.138 e. The fraction of sp³-hybridized carbons (Fsp3) is 0.333. The van der Waals surface area contributed by atoms with Crippen molar-refractivity contribution in [2.45, 2.75) is 13.0 Å². The average molecular weight is 283 g/mol. The SMILES string of the molecule is Cn1c2c(c3cc(F)c(Br)cc31)CNCC2. The second kappa shape index (κ2) is 3.57. The lowest BCUT2D eigenvalue weighted by Crippen LogP contribution is -2.24. The molecule has 1 aromatic heterocycles. The minimum Gasteiger partial charge on any atom is -0.347 e. The molecule has 0 saturated carbocycles. The summed E-state index contributed by atoms with van der Waals surface area (Å²) in [6.45, 7) is 1.84. The van der Waals surface area contributed by atoms with Crippen LogP contribution in [-0.4, -0.2) is 11.1 Å². The van der Waals surface area contributed by atoms with Crippen LogP contribution in [0.25, 0.3) is 10.9 Å². The number of hydrogen-bond acceptors (Lipinski definition) is 1. The quantitative estimate of drug-likeness (QED) is 0.786. The first kappa shape index (κ1) is 10.3. The van der Waals surface area contributed by atoms with Crippen molar-refractivity contribution in [1.82, 2.24) is 9.88 Å². The van der Waals surface area contributed by atoms with Crippen LogP contribution in [0.4, 0.5) is 4.39 Å². The van der Waals surface area contributed by atoms with E-state index >= 15 is 0 Å². The molecule has 1 aliphatic heterocycles. The van der Waals surface area contributed by atoms with Gasteiger partial charge in [-0.1, -0.05) is 0 Å². The summed E-state index contributed by atoms with van der Waals surface area (Å²) in [4.78, 5) is 0. The first-order valence-corrected chi connectivity index (χ1v) is 6.13. The molecule has 0 fully saturated rings. The van der Waals surface area contributed by atoms with Crippen LogP contribution in [0.2, 0.25) is 0 Å². The van der Waals surface area contributed by atoms with E-state index in [1.807, 2.05) is 6.07 Å². The van der Waals surface area contributed by atoms with Gasteiger partial charge in [0.15, 0.2) is 0 Å². The second-order valence-corrected chi connectivity index (χ2v) is 5.05. The Balaban J connectivity index is 2.40. The molecule has 2 aromatic rings. The molecular weight excluding hydrogens is 271 g/mol. The van der Waals surface area contributed by atoms with E-state index in [1.54, 1.807) is 6.07 Å². The van der Waals surface area contributed by atoms with E-state index in [9.17, 15) is 4.39 Å². The summed E-state index contributed by atoms with van der Waals surface area (Å²) in [6, 6.07) is 3.49. The van der Waals surface area contributed by atoms with E-state index in [1.165, 1.54) is 11.3 Å². The largest absolute Gasteiger partial charge is 0.347 e. The Bertz CT molecular complexity index is 574. The van der Waals surface area contributed by atoms with Crippen molar-refractivity contribution < 1.29 is 4.39 Å². The molecule has 16 heavy (non-hydrogen) atoms. The summed E-state index contributed by atoms with van der Waals surface area (Å²) in [6.07, 6.45) is 1.01. The van der Waals surface area contributed by atoms with Gasteiger partial charge in [0, 0.05) is 43.2 Å². The molecule has 0 aliphatic carbocycles. The van der Waals surface area contributed by atoms with Gasteiger partial charge >= 0.3 is 0 Å². The number of nitrogens with zero attached hydrogens (tertiary/aromatic N) is 1. The fourth-order valence-electron chi connectivity index (χ4n) is 2.49. The van der Waals surface area contributed by atoms with Crippen molar-refractivity contribution in [3.8, 4) is 0 Å². The predicted molar refractivity (Wildman–Crippen MR) is 66.0 cm³/mol. The average Bonchev–Trinajstić information content (AvgIpc) is 2.55. The maximum Gasteiger partial charge on any atom is 0.138 e. The molecule has 2 heterocycles. The Morgan fingerprint density at radius 2 is 2.25 bits per heavy atom. The molecular formula is C12H12BrFN2. The van der Waals surface area contributed by atoms with Gasteiger partial charge in [-0.2, -0.15) is 0 Å². The summed E-state index contributed by atoms with van der Waals surface area (Å²) in [5, 5.41) is 4.37. The van der Waals surface area contributed by atoms with Gasteiger partial charge in [0.05, 0.1) is 4.47 Å². The van der Waals surface area contributed by atoms with E-state index in [0.29, 0.717) is 4.47 Å². The highest BCUT2D eigenvalue weighted by atomic mass is 79.9. The van der Waals surface area contributed by atoms with Crippen molar-refractivity contribution in [2.24, 2.45) is 7.05 Å². The first-order valence-electron chi connectivity index (χ1n) is 5.34. The van der Waals surface area contributed by atoms with Gasteiger partial charge in [-0.3, -0.25) is 0 Å². The fourth-order valence-corrected chi connectivity index (χ4v) is 2.83. The first-order chi connectivity index (χ1) is 7.68. The van der Waals surface area contributed by atoms with Crippen LogP contribution in [0.1, 0.15) is 11.3 Å². The molecule has 1 N–H and O–H groups in total. The lowest BCUT2D eigenvalue weighted by molar-refractivity contribution is 0.620. The van der Waals surface area contributed by atoms with E-state index in [-0.39, 0.29) is 5.82 Å². The number of aromatic nitrogens is 1. The molecule has 3 rings (SSSR count). The number of fused-ring (bicyclic) bond motifs is 3. The normalized spacial score (nSPS) is 15.4. The third kappa shape index (κ3) is 1.33. The molecule has 4 heteroatoms. The van der Waals surface area contributed by atoms with Crippen LogP contribution in [0, 0.1) is 5.82 Å². The molecule has 84 valence electrons. The highest BCUT2D eigenvalue weighted by Gasteiger charge is 2.19. The molecule has 0 saturated heterocycles. The topological polar surface area (TPSA) is 17.0 Å². The number of nitrogens with one attached hydrogen (secondary N) is 1. The molecule has 2 nitrogen and oxygen atoms in total. The number of benzene rings is 1. The van der Waals surface area contributed by atoms with E-state index < -0.39 is 0 Å². The van der Waals surface area contributed by atoms with Crippen LogP contribution < -0.4 is 5.32 Å². The molecule has 1 aromatic carbocycles. The van der Waals surface area contributed by atoms with Crippen molar-refractivity contribution in [2.75, 3.05) is 6.54 Å². The molecule has 0 unspecified atom stereocenters. The van der Waals surface area contributed by atoms with Crippen LogP contribution in [0.15, 0.2) is 16.6 Å². The van der Waals surface area contributed by atoms with E-state index in [0.717, 1.165) is 30.4 Å². The van der Waals surface area contributed by atoms with E-state index in [2.05, 4.69) is 32.9 Å². The standard InChI is InChI=1S/C12H12BrFN2/c1-16-11-2-3-15-6-8(11)7-4-10(14)9(13)5-12(7)16/h4-5,15H,2-3,6H2,1H3. The van der Waals surface area contributed by atoms with Gasteiger partial charge in [0.2, 0.25) is 0 Å². The van der Waals surface area contributed by atoms with Crippen LogP contribution in [-0.2, 0) is 20.0 Å². The lowest BCUT2D eigenvalue weighted by atomic mass is 10.1. The molecule has 1 aliphatic rings. The highest BCUT2D eigenvalue weighted by molar-refractivity contribution is 9.10. The lowest BCUT2D eigenvalue weighted by Gasteiger charge is -2.14. The van der Waals surface area contributed by atoms with Gasteiger partial charge in [0.25, 0.3) is 0 Å². The highest BCUT2D eigenvalue weighted by Crippen LogP contribution is 2.31. The zero-order valence-corrected chi connectivity index (χ0v) is 10.6. The zero-order chi connectivity index (χ0) is 11.3.